The molecular weight excluding hydrogens is 310 g/mol. The van der Waals surface area contributed by atoms with Gasteiger partial charge in [0.15, 0.2) is 5.69 Å². The van der Waals surface area contributed by atoms with Crippen molar-refractivity contribution in [3.05, 3.63) is 53.1 Å². The Bertz CT molecular complexity index is 912. The van der Waals surface area contributed by atoms with Crippen LogP contribution < -0.4 is 15.0 Å². The van der Waals surface area contributed by atoms with E-state index >= 15 is 0 Å². The summed E-state index contributed by atoms with van der Waals surface area (Å²) in [6.45, 7) is 0. The molecule has 0 saturated heterocycles. The van der Waals surface area contributed by atoms with E-state index in [0.717, 1.165) is 0 Å². The Morgan fingerprint density at radius 2 is 1.79 bits per heavy atom. The van der Waals surface area contributed by atoms with Gasteiger partial charge in [0.2, 0.25) is 0 Å². The fourth-order valence-corrected chi connectivity index (χ4v) is 2.15. The minimum absolute atomic E-state index is 0.150. The molecule has 2 heterocycles. The zero-order valence-corrected chi connectivity index (χ0v) is 13.1. The number of ether oxygens (including phenoxy) is 2. The number of aromatic amines is 2. The highest BCUT2D eigenvalue weighted by molar-refractivity contribution is 5.75. The molecule has 0 aliphatic carbocycles. The Morgan fingerprint density at radius 1 is 1.00 bits per heavy atom. The third-order valence-corrected chi connectivity index (χ3v) is 3.36. The van der Waals surface area contributed by atoms with Crippen molar-refractivity contribution in [3.8, 4) is 22.8 Å². The first kappa shape index (κ1) is 15.5. The summed E-state index contributed by atoms with van der Waals surface area (Å²) in [6, 6.07) is 8.72. The highest BCUT2D eigenvalue weighted by Gasteiger charge is 2.15. The number of azo groups is 1. The van der Waals surface area contributed by atoms with Gasteiger partial charge in [-0.25, -0.2) is 0 Å². The smallest absolute Gasteiger partial charge is 0.292 e. The predicted molar refractivity (Wildman–Crippen MR) is 88.4 cm³/mol. The van der Waals surface area contributed by atoms with Crippen LogP contribution in [0, 0.1) is 0 Å². The van der Waals surface area contributed by atoms with Crippen molar-refractivity contribution in [2.45, 2.75) is 0 Å². The summed E-state index contributed by atoms with van der Waals surface area (Å²) in [5.41, 5.74) is 1.44. The van der Waals surface area contributed by atoms with Gasteiger partial charge >= 0.3 is 0 Å². The van der Waals surface area contributed by atoms with Crippen LogP contribution in [-0.4, -0.2) is 29.4 Å². The van der Waals surface area contributed by atoms with E-state index in [9.17, 15) is 4.79 Å². The second kappa shape index (κ2) is 6.78. The van der Waals surface area contributed by atoms with Crippen molar-refractivity contribution in [2.75, 3.05) is 14.2 Å². The monoisotopic (exact) mass is 325 g/mol. The van der Waals surface area contributed by atoms with Gasteiger partial charge in [-0.05, 0) is 30.3 Å². The zero-order chi connectivity index (χ0) is 16.9. The maximum absolute atomic E-state index is 12.0. The minimum Gasteiger partial charge on any atom is -0.497 e. The summed E-state index contributed by atoms with van der Waals surface area (Å²) in [7, 11) is 3.13. The van der Waals surface area contributed by atoms with Gasteiger partial charge in [0.05, 0.1) is 31.2 Å². The Kier molecular flexibility index (Phi) is 4.37. The highest BCUT2D eigenvalue weighted by atomic mass is 16.5. The van der Waals surface area contributed by atoms with Crippen molar-refractivity contribution in [1.29, 1.82) is 0 Å². The van der Waals surface area contributed by atoms with Gasteiger partial charge in [-0.15, -0.1) is 5.11 Å². The van der Waals surface area contributed by atoms with Crippen LogP contribution in [0.25, 0.3) is 11.3 Å². The van der Waals surface area contributed by atoms with Crippen LogP contribution in [0.2, 0.25) is 0 Å². The fraction of sp³-hybridized carbons (Fsp3) is 0.125. The molecule has 24 heavy (non-hydrogen) atoms. The van der Waals surface area contributed by atoms with E-state index in [1.807, 2.05) is 0 Å². The van der Waals surface area contributed by atoms with E-state index in [-0.39, 0.29) is 11.2 Å². The number of nitrogens with one attached hydrogen (secondary N) is 2. The lowest BCUT2D eigenvalue weighted by atomic mass is 10.2. The van der Waals surface area contributed by atoms with Crippen molar-refractivity contribution in [1.82, 2.24) is 15.2 Å². The third-order valence-electron chi connectivity index (χ3n) is 3.36. The molecule has 2 N–H and O–H groups in total. The Labute approximate surface area is 137 Å². The number of pyridine rings is 1. The lowest BCUT2D eigenvalue weighted by Gasteiger charge is -2.05. The van der Waals surface area contributed by atoms with Gasteiger partial charge < -0.3 is 9.47 Å². The van der Waals surface area contributed by atoms with Gasteiger partial charge in [0, 0.05) is 12.4 Å². The first-order chi connectivity index (χ1) is 11.7. The molecule has 3 rings (SSSR count). The number of benzene rings is 1. The van der Waals surface area contributed by atoms with E-state index in [1.54, 1.807) is 56.9 Å². The molecule has 0 atom stereocenters. The number of hydrogen-bond donors (Lipinski definition) is 2. The van der Waals surface area contributed by atoms with Crippen molar-refractivity contribution >= 4 is 11.4 Å². The minimum atomic E-state index is -0.381. The van der Waals surface area contributed by atoms with Crippen molar-refractivity contribution in [3.63, 3.8) is 0 Å². The number of aromatic nitrogens is 3. The molecular formula is C16H15N5O3. The summed E-state index contributed by atoms with van der Waals surface area (Å²) in [4.78, 5) is 16.1. The largest absolute Gasteiger partial charge is 0.497 e. The van der Waals surface area contributed by atoms with Gasteiger partial charge in [-0.1, -0.05) is 0 Å². The summed E-state index contributed by atoms with van der Waals surface area (Å²) < 4.78 is 10.4. The Hall–Kier alpha value is -3.42. The van der Waals surface area contributed by atoms with E-state index in [0.29, 0.717) is 28.4 Å². The highest BCUT2D eigenvalue weighted by Crippen LogP contribution is 2.32. The number of nitrogens with zero attached hydrogens (tertiary/aromatic N) is 3. The van der Waals surface area contributed by atoms with E-state index in [4.69, 9.17) is 9.47 Å². The second-order valence-corrected chi connectivity index (χ2v) is 4.78. The molecule has 0 saturated carbocycles. The normalized spacial score (nSPS) is 10.9. The van der Waals surface area contributed by atoms with Crippen molar-refractivity contribution < 1.29 is 9.47 Å². The summed E-state index contributed by atoms with van der Waals surface area (Å²) >= 11 is 0. The second-order valence-electron chi connectivity index (χ2n) is 4.78. The maximum atomic E-state index is 12.0. The standard InChI is InChI=1S/C16H15N5O3/c1-23-11-5-3-10(4-6-11)18-20-15-14(19-21-16(15)22)12-9-17-8-7-13(12)24-2/h3-9H,1-2H3,(H2,19,21,22). The van der Waals surface area contributed by atoms with Crippen LogP contribution in [0.3, 0.4) is 0 Å². The summed E-state index contributed by atoms with van der Waals surface area (Å²) in [6.07, 6.45) is 3.19. The van der Waals surface area contributed by atoms with Crippen LogP contribution >= 0.6 is 0 Å². The molecule has 1 aromatic carbocycles. The molecule has 0 fully saturated rings. The number of methoxy groups -OCH3 is 2. The average Bonchev–Trinajstić information content (AvgIpc) is 3.00. The average molecular weight is 325 g/mol. The van der Waals surface area contributed by atoms with Crippen molar-refractivity contribution in [2.24, 2.45) is 10.2 Å². The van der Waals surface area contributed by atoms with Gasteiger partial charge in [0.25, 0.3) is 5.56 Å². The molecule has 0 amide bonds. The molecule has 0 aliphatic rings. The Morgan fingerprint density at radius 3 is 2.50 bits per heavy atom. The zero-order valence-electron chi connectivity index (χ0n) is 13.1. The molecule has 0 unspecified atom stereocenters. The third kappa shape index (κ3) is 3.02. The molecule has 0 bridgehead atoms. The molecule has 8 nitrogen and oxygen atoms in total. The molecule has 2 aromatic heterocycles. The molecule has 8 heteroatoms. The van der Waals surface area contributed by atoms with E-state index in [2.05, 4.69) is 25.4 Å². The SMILES string of the molecule is COc1ccc(N=Nc2c(-c3cnccc3OC)[nH][nH]c2=O)cc1. The molecule has 0 spiro atoms. The summed E-state index contributed by atoms with van der Waals surface area (Å²) in [5.74, 6) is 1.29. The predicted octanol–water partition coefficient (Wildman–Crippen LogP) is 3.20. The Balaban J connectivity index is 1.98. The number of hydrogen-bond acceptors (Lipinski definition) is 6. The molecule has 122 valence electrons. The lowest BCUT2D eigenvalue weighted by molar-refractivity contribution is 0.415. The van der Waals surface area contributed by atoms with Crippen LogP contribution in [0.1, 0.15) is 0 Å². The summed E-state index contributed by atoms with van der Waals surface area (Å²) in [5, 5.41) is 13.5. The topological polar surface area (TPSA) is 105 Å². The molecule has 0 aliphatic heterocycles. The van der Waals surface area contributed by atoms with Crippen LogP contribution in [-0.2, 0) is 0 Å². The van der Waals surface area contributed by atoms with E-state index < -0.39 is 0 Å². The van der Waals surface area contributed by atoms with E-state index in [1.165, 1.54) is 0 Å². The first-order valence-corrected chi connectivity index (χ1v) is 7.07. The van der Waals surface area contributed by atoms with Crippen LogP contribution in [0.15, 0.2) is 57.7 Å². The van der Waals surface area contributed by atoms with Gasteiger partial charge in [-0.3, -0.25) is 20.0 Å². The number of rotatable bonds is 5. The van der Waals surface area contributed by atoms with Gasteiger partial charge in [0.1, 0.15) is 11.5 Å². The lowest BCUT2D eigenvalue weighted by Crippen LogP contribution is -1.96. The quantitative estimate of drug-likeness (QED) is 0.703. The van der Waals surface area contributed by atoms with Gasteiger partial charge in [-0.2, -0.15) is 5.11 Å². The first-order valence-electron chi connectivity index (χ1n) is 7.07. The maximum Gasteiger partial charge on any atom is 0.292 e. The van der Waals surface area contributed by atoms with Crippen LogP contribution in [0.5, 0.6) is 11.5 Å². The number of H-pyrrole nitrogens is 2. The molecule has 3 aromatic rings. The molecule has 0 radical (unpaired) electrons. The fourth-order valence-electron chi connectivity index (χ4n) is 2.15. The van der Waals surface area contributed by atoms with Crippen LogP contribution in [0.4, 0.5) is 11.4 Å².